The molecule has 2 aliphatic rings. The van der Waals surface area contributed by atoms with Crippen molar-refractivity contribution in [3.63, 3.8) is 0 Å². The van der Waals surface area contributed by atoms with Crippen molar-refractivity contribution in [2.75, 3.05) is 39.9 Å². The summed E-state index contributed by atoms with van der Waals surface area (Å²) in [6.07, 6.45) is 1.63. The molecule has 0 aromatic rings. The fraction of sp³-hybridized carbons (Fsp3) is 0.900. The molecule has 0 saturated carbocycles. The molecule has 1 N–H and O–H groups in total. The van der Waals surface area contributed by atoms with Gasteiger partial charge >= 0.3 is 6.09 Å². The molecule has 2 rings (SSSR count). The maximum atomic E-state index is 11.6. The number of carbonyl (C=O) groups is 1. The van der Waals surface area contributed by atoms with Gasteiger partial charge in [0, 0.05) is 33.2 Å². The average molecular weight is 214 g/mol. The molecule has 2 heterocycles. The van der Waals surface area contributed by atoms with Crippen LogP contribution in [-0.2, 0) is 9.47 Å². The van der Waals surface area contributed by atoms with E-state index in [1.165, 1.54) is 0 Å². The Kier molecular flexibility index (Phi) is 3.11. The van der Waals surface area contributed by atoms with Crippen molar-refractivity contribution in [2.24, 2.45) is 0 Å². The van der Waals surface area contributed by atoms with Gasteiger partial charge in [0.2, 0.25) is 0 Å². The van der Waals surface area contributed by atoms with E-state index in [1.54, 1.807) is 12.0 Å². The molecule has 2 fully saturated rings. The van der Waals surface area contributed by atoms with E-state index in [0.717, 1.165) is 39.0 Å². The molecule has 5 heteroatoms. The van der Waals surface area contributed by atoms with Gasteiger partial charge in [0.25, 0.3) is 0 Å². The third kappa shape index (κ3) is 2.23. The molecule has 15 heavy (non-hydrogen) atoms. The van der Waals surface area contributed by atoms with Gasteiger partial charge in [-0.3, -0.25) is 0 Å². The van der Waals surface area contributed by atoms with Gasteiger partial charge in [-0.2, -0.15) is 0 Å². The Morgan fingerprint density at radius 2 is 2.53 bits per heavy atom. The smallest absolute Gasteiger partial charge is 0.410 e. The standard InChI is InChI=1S/C10H18N2O3/c1-14-6-2-5-12-8-10(15-9(12)13)3-4-11-7-10/h11H,2-8H2,1H3. The zero-order chi connectivity index (χ0) is 10.7. The topological polar surface area (TPSA) is 50.8 Å². The minimum atomic E-state index is -0.246. The van der Waals surface area contributed by atoms with Gasteiger partial charge in [0.05, 0.1) is 6.54 Å². The Labute approximate surface area is 89.7 Å². The highest BCUT2D eigenvalue weighted by Crippen LogP contribution is 2.28. The van der Waals surface area contributed by atoms with Crippen LogP contribution in [0.1, 0.15) is 12.8 Å². The van der Waals surface area contributed by atoms with Crippen LogP contribution >= 0.6 is 0 Å². The second-order valence-corrected chi connectivity index (χ2v) is 4.25. The van der Waals surface area contributed by atoms with Crippen LogP contribution in [0.4, 0.5) is 4.79 Å². The summed E-state index contributed by atoms with van der Waals surface area (Å²) < 4.78 is 10.4. The molecule has 0 aromatic heterocycles. The van der Waals surface area contributed by atoms with Crippen molar-refractivity contribution in [2.45, 2.75) is 18.4 Å². The summed E-state index contributed by atoms with van der Waals surface area (Å²) in [7, 11) is 1.67. The highest BCUT2D eigenvalue weighted by molar-refractivity contribution is 5.70. The quantitative estimate of drug-likeness (QED) is 0.680. The summed E-state index contributed by atoms with van der Waals surface area (Å²) in [5, 5.41) is 3.23. The first-order chi connectivity index (χ1) is 7.26. The monoisotopic (exact) mass is 214 g/mol. The van der Waals surface area contributed by atoms with E-state index in [2.05, 4.69) is 5.32 Å². The van der Waals surface area contributed by atoms with E-state index in [4.69, 9.17) is 9.47 Å². The maximum Gasteiger partial charge on any atom is 0.410 e. The van der Waals surface area contributed by atoms with Crippen molar-refractivity contribution in [3.05, 3.63) is 0 Å². The molecule has 2 saturated heterocycles. The van der Waals surface area contributed by atoms with E-state index >= 15 is 0 Å². The Bertz CT molecular complexity index is 239. The van der Waals surface area contributed by atoms with Gasteiger partial charge in [0.1, 0.15) is 5.60 Å². The predicted molar refractivity (Wildman–Crippen MR) is 54.8 cm³/mol. The molecule has 0 radical (unpaired) electrons. The lowest BCUT2D eigenvalue weighted by molar-refractivity contribution is 0.0727. The number of ether oxygens (including phenoxy) is 2. The molecule has 5 nitrogen and oxygen atoms in total. The summed E-state index contributed by atoms with van der Waals surface area (Å²) in [6, 6.07) is 0. The van der Waals surface area contributed by atoms with Gasteiger partial charge in [-0.05, 0) is 13.0 Å². The van der Waals surface area contributed by atoms with E-state index in [9.17, 15) is 4.79 Å². The summed E-state index contributed by atoms with van der Waals surface area (Å²) in [4.78, 5) is 13.3. The fourth-order valence-corrected chi connectivity index (χ4v) is 2.21. The van der Waals surface area contributed by atoms with Crippen molar-refractivity contribution < 1.29 is 14.3 Å². The van der Waals surface area contributed by atoms with Crippen LogP contribution in [0.2, 0.25) is 0 Å². The summed E-state index contributed by atoms with van der Waals surface area (Å²) >= 11 is 0. The van der Waals surface area contributed by atoms with Crippen molar-refractivity contribution in [1.82, 2.24) is 10.2 Å². The summed E-state index contributed by atoms with van der Waals surface area (Å²) in [6.45, 7) is 3.88. The van der Waals surface area contributed by atoms with Gasteiger partial charge in [-0.1, -0.05) is 0 Å². The number of hydrogen-bond acceptors (Lipinski definition) is 4. The highest BCUT2D eigenvalue weighted by atomic mass is 16.6. The molecule has 1 amide bonds. The summed E-state index contributed by atoms with van der Waals surface area (Å²) in [5.41, 5.74) is -0.246. The Hall–Kier alpha value is -0.810. The number of nitrogens with zero attached hydrogens (tertiary/aromatic N) is 1. The maximum absolute atomic E-state index is 11.6. The van der Waals surface area contributed by atoms with Gasteiger partial charge in [-0.25, -0.2) is 4.79 Å². The van der Waals surface area contributed by atoms with Crippen molar-refractivity contribution >= 4 is 6.09 Å². The molecule has 1 spiro atoms. The zero-order valence-electron chi connectivity index (χ0n) is 9.12. The van der Waals surface area contributed by atoms with Crippen LogP contribution in [0.5, 0.6) is 0 Å². The van der Waals surface area contributed by atoms with E-state index in [-0.39, 0.29) is 11.7 Å². The lowest BCUT2D eigenvalue weighted by Gasteiger charge is -2.19. The van der Waals surface area contributed by atoms with Crippen LogP contribution in [0.15, 0.2) is 0 Å². The van der Waals surface area contributed by atoms with Gasteiger partial charge in [0.15, 0.2) is 0 Å². The van der Waals surface area contributed by atoms with E-state index in [0.29, 0.717) is 6.61 Å². The second kappa shape index (κ2) is 4.37. The van der Waals surface area contributed by atoms with Crippen LogP contribution in [0.25, 0.3) is 0 Å². The zero-order valence-corrected chi connectivity index (χ0v) is 9.12. The molecule has 1 unspecified atom stereocenters. The predicted octanol–water partition coefficient (Wildman–Crippen LogP) is 0.207. The van der Waals surface area contributed by atoms with E-state index < -0.39 is 0 Å². The molecule has 2 aliphatic heterocycles. The molecule has 1 atom stereocenters. The number of hydrogen-bond donors (Lipinski definition) is 1. The molecule has 0 bridgehead atoms. The third-order valence-electron chi connectivity index (χ3n) is 3.02. The Morgan fingerprint density at radius 1 is 1.67 bits per heavy atom. The Morgan fingerprint density at radius 3 is 3.20 bits per heavy atom. The minimum absolute atomic E-state index is 0.171. The number of rotatable bonds is 4. The van der Waals surface area contributed by atoms with Crippen LogP contribution in [0.3, 0.4) is 0 Å². The SMILES string of the molecule is COCCCN1CC2(CCNC2)OC1=O. The van der Waals surface area contributed by atoms with Gasteiger partial charge in [-0.15, -0.1) is 0 Å². The highest BCUT2D eigenvalue weighted by Gasteiger charge is 2.46. The minimum Gasteiger partial charge on any atom is -0.439 e. The van der Waals surface area contributed by atoms with Crippen molar-refractivity contribution in [1.29, 1.82) is 0 Å². The molecule has 0 aliphatic carbocycles. The number of nitrogens with one attached hydrogen (secondary N) is 1. The van der Waals surface area contributed by atoms with Gasteiger partial charge < -0.3 is 19.7 Å². The number of methoxy groups -OCH3 is 1. The lowest BCUT2D eigenvalue weighted by atomic mass is 10.0. The van der Waals surface area contributed by atoms with Crippen LogP contribution in [-0.4, -0.2) is 56.5 Å². The van der Waals surface area contributed by atoms with Crippen LogP contribution in [0, 0.1) is 0 Å². The Balaban J connectivity index is 1.84. The molecule has 0 aromatic carbocycles. The lowest BCUT2D eigenvalue weighted by Crippen LogP contribution is -2.36. The molecular weight excluding hydrogens is 196 g/mol. The molecule has 86 valence electrons. The fourth-order valence-electron chi connectivity index (χ4n) is 2.21. The first-order valence-electron chi connectivity index (χ1n) is 5.43. The normalized spacial score (nSPS) is 30.2. The average Bonchev–Trinajstić information content (AvgIpc) is 2.77. The van der Waals surface area contributed by atoms with Crippen LogP contribution < -0.4 is 5.32 Å². The molecular formula is C10H18N2O3. The second-order valence-electron chi connectivity index (χ2n) is 4.25. The van der Waals surface area contributed by atoms with E-state index in [1.807, 2.05) is 0 Å². The summed E-state index contributed by atoms with van der Waals surface area (Å²) in [5.74, 6) is 0. The third-order valence-corrected chi connectivity index (χ3v) is 3.02. The van der Waals surface area contributed by atoms with Crippen molar-refractivity contribution in [3.8, 4) is 0 Å². The first kappa shape index (κ1) is 10.7. The largest absolute Gasteiger partial charge is 0.439 e. The number of carbonyl (C=O) groups excluding carboxylic acids is 1. The first-order valence-corrected chi connectivity index (χ1v) is 5.43. The number of amides is 1.